The van der Waals surface area contributed by atoms with E-state index in [2.05, 4.69) is 36.0 Å². The third-order valence-corrected chi connectivity index (χ3v) is 5.95. The van der Waals surface area contributed by atoms with Crippen molar-refractivity contribution in [2.45, 2.75) is 49.9 Å². The largest absolute Gasteiger partial charge is 0.329 e. The van der Waals surface area contributed by atoms with Crippen LogP contribution >= 0.6 is 11.6 Å². The maximum Gasteiger partial charge on any atom is 0.0409 e. The molecule has 2 aliphatic heterocycles. The molecule has 116 valence electrons. The maximum atomic E-state index is 6.23. The number of benzene rings is 1. The Hall–Kier alpha value is -0.610. The molecule has 2 N–H and O–H groups in total. The zero-order valence-electron chi connectivity index (χ0n) is 13.1. The number of rotatable bonds is 4. The molecule has 0 amide bonds. The zero-order valence-corrected chi connectivity index (χ0v) is 13.8. The maximum absolute atomic E-state index is 6.23. The number of nitrogens with zero attached hydrogens (tertiary/aromatic N) is 2. The van der Waals surface area contributed by atoms with Crippen molar-refractivity contribution >= 4 is 11.6 Å². The van der Waals surface area contributed by atoms with Crippen molar-refractivity contribution in [3.63, 3.8) is 0 Å². The van der Waals surface area contributed by atoms with E-state index in [-0.39, 0.29) is 5.54 Å². The van der Waals surface area contributed by atoms with Gasteiger partial charge in [-0.15, -0.1) is 0 Å². The minimum atomic E-state index is 0.140. The van der Waals surface area contributed by atoms with E-state index in [1.54, 1.807) is 0 Å². The van der Waals surface area contributed by atoms with Crippen LogP contribution in [0.25, 0.3) is 0 Å². The minimum Gasteiger partial charge on any atom is -0.329 e. The van der Waals surface area contributed by atoms with Gasteiger partial charge in [0.25, 0.3) is 0 Å². The van der Waals surface area contributed by atoms with Crippen LogP contribution in [0.15, 0.2) is 24.3 Å². The second-order valence-corrected chi connectivity index (χ2v) is 7.31. The Morgan fingerprint density at radius 3 is 2.57 bits per heavy atom. The third kappa shape index (κ3) is 2.85. The molecule has 2 aliphatic rings. The molecule has 0 aliphatic carbocycles. The zero-order chi connectivity index (χ0) is 15.0. The van der Waals surface area contributed by atoms with Crippen molar-refractivity contribution in [3.8, 4) is 0 Å². The molecule has 4 heteroatoms. The van der Waals surface area contributed by atoms with Crippen LogP contribution in [-0.2, 0) is 6.54 Å². The van der Waals surface area contributed by atoms with Crippen LogP contribution in [0.5, 0.6) is 0 Å². The van der Waals surface area contributed by atoms with E-state index in [0.29, 0.717) is 12.1 Å². The molecule has 0 aromatic heterocycles. The summed E-state index contributed by atoms with van der Waals surface area (Å²) < 4.78 is 0. The van der Waals surface area contributed by atoms with Crippen LogP contribution in [0.2, 0.25) is 5.02 Å². The van der Waals surface area contributed by atoms with Crippen molar-refractivity contribution in [2.75, 3.05) is 20.6 Å². The first-order valence-corrected chi connectivity index (χ1v) is 8.29. The Morgan fingerprint density at radius 2 is 2.00 bits per heavy atom. The van der Waals surface area contributed by atoms with Gasteiger partial charge in [0, 0.05) is 35.7 Å². The lowest BCUT2D eigenvalue weighted by molar-refractivity contribution is 0.0118. The van der Waals surface area contributed by atoms with Crippen molar-refractivity contribution in [2.24, 2.45) is 5.73 Å². The highest BCUT2D eigenvalue weighted by Crippen LogP contribution is 2.42. The highest BCUT2D eigenvalue weighted by atomic mass is 35.5. The van der Waals surface area contributed by atoms with Gasteiger partial charge in [0.05, 0.1) is 0 Å². The molecule has 2 atom stereocenters. The summed E-state index contributed by atoms with van der Waals surface area (Å²) in [7, 11) is 4.50. The summed E-state index contributed by atoms with van der Waals surface area (Å²) in [5.74, 6) is 0. The molecule has 2 unspecified atom stereocenters. The topological polar surface area (TPSA) is 32.5 Å². The molecular weight excluding hydrogens is 282 g/mol. The van der Waals surface area contributed by atoms with Gasteiger partial charge in [-0.2, -0.15) is 0 Å². The van der Waals surface area contributed by atoms with E-state index >= 15 is 0 Å². The van der Waals surface area contributed by atoms with Crippen LogP contribution in [0.4, 0.5) is 0 Å². The molecule has 21 heavy (non-hydrogen) atoms. The highest BCUT2D eigenvalue weighted by Gasteiger charge is 2.48. The number of fused-ring (bicyclic) bond motifs is 2. The SMILES string of the molecule is CN1C2CCC1CC(CN)(N(C)Cc1cccc(Cl)c1)C2. The summed E-state index contributed by atoms with van der Waals surface area (Å²) in [5, 5.41) is 0.811. The van der Waals surface area contributed by atoms with Gasteiger partial charge in [0.1, 0.15) is 0 Å². The quantitative estimate of drug-likeness (QED) is 0.928. The summed E-state index contributed by atoms with van der Waals surface area (Å²) in [5.41, 5.74) is 7.64. The molecule has 2 heterocycles. The fourth-order valence-corrected chi connectivity index (χ4v) is 4.47. The smallest absolute Gasteiger partial charge is 0.0409 e. The van der Waals surface area contributed by atoms with Gasteiger partial charge in [-0.1, -0.05) is 23.7 Å². The monoisotopic (exact) mass is 307 g/mol. The lowest BCUT2D eigenvalue weighted by Crippen LogP contribution is -2.60. The van der Waals surface area contributed by atoms with Crippen LogP contribution in [0.3, 0.4) is 0 Å². The van der Waals surface area contributed by atoms with Crippen molar-refractivity contribution in [1.82, 2.24) is 9.80 Å². The predicted molar refractivity (Wildman–Crippen MR) is 88.5 cm³/mol. The number of piperidine rings is 1. The first-order chi connectivity index (χ1) is 10.0. The van der Waals surface area contributed by atoms with Gasteiger partial charge < -0.3 is 10.6 Å². The molecule has 2 saturated heterocycles. The molecule has 1 aromatic rings. The number of hydrogen-bond acceptors (Lipinski definition) is 3. The molecule has 0 spiro atoms. The highest BCUT2D eigenvalue weighted by molar-refractivity contribution is 6.30. The fraction of sp³-hybridized carbons (Fsp3) is 0.647. The summed E-state index contributed by atoms with van der Waals surface area (Å²) in [6, 6.07) is 9.57. The Bertz CT molecular complexity index is 491. The van der Waals surface area contributed by atoms with Crippen LogP contribution in [0, 0.1) is 0 Å². The van der Waals surface area contributed by atoms with Crippen molar-refractivity contribution in [1.29, 1.82) is 0 Å². The molecular formula is C17H26ClN3. The number of halogens is 1. The third-order valence-electron chi connectivity index (χ3n) is 5.71. The number of hydrogen-bond donors (Lipinski definition) is 1. The van der Waals surface area contributed by atoms with Crippen LogP contribution in [-0.4, -0.2) is 48.1 Å². The first kappa shape index (κ1) is 15.3. The minimum absolute atomic E-state index is 0.140. The normalized spacial score (nSPS) is 32.8. The fourth-order valence-electron chi connectivity index (χ4n) is 4.25. The summed E-state index contributed by atoms with van der Waals surface area (Å²) >= 11 is 6.11. The first-order valence-electron chi connectivity index (χ1n) is 7.92. The van der Waals surface area contributed by atoms with Crippen molar-refractivity contribution < 1.29 is 0 Å². The molecule has 3 nitrogen and oxygen atoms in total. The second-order valence-electron chi connectivity index (χ2n) is 6.87. The average molecular weight is 308 g/mol. The summed E-state index contributed by atoms with van der Waals surface area (Å²) in [4.78, 5) is 5.04. The molecule has 0 radical (unpaired) electrons. The van der Waals surface area contributed by atoms with Gasteiger partial charge >= 0.3 is 0 Å². The Labute approximate surface area is 133 Å². The van der Waals surface area contributed by atoms with E-state index in [1.165, 1.54) is 31.2 Å². The summed E-state index contributed by atoms with van der Waals surface area (Å²) in [6.45, 7) is 1.66. The molecule has 2 fully saturated rings. The molecule has 0 saturated carbocycles. The summed E-state index contributed by atoms with van der Waals surface area (Å²) in [6.07, 6.45) is 5.03. The van der Waals surface area contributed by atoms with E-state index in [0.717, 1.165) is 18.1 Å². The van der Waals surface area contributed by atoms with Gasteiger partial charge in [-0.05, 0) is 57.5 Å². The van der Waals surface area contributed by atoms with E-state index < -0.39 is 0 Å². The average Bonchev–Trinajstić information content (AvgIpc) is 2.70. The van der Waals surface area contributed by atoms with Gasteiger partial charge in [0.15, 0.2) is 0 Å². The van der Waals surface area contributed by atoms with Crippen molar-refractivity contribution in [3.05, 3.63) is 34.9 Å². The van der Waals surface area contributed by atoms with E-state index in [4.69, 9.17) is 17.3 Å². The number of nitrogens with two attached hydrogens (primary N) is 1. The Balaban J connectivity index is 1.77. The number of likely N-dealkylation sites (N-methyl/N-ethyl adjacent to an activating group) is 1. The van der Waals surface area contributed by atoms with Crippen LogP contribution in [0.1, 0.15) is 31.2 Å². The second kappa shape index (κ2) is 5.88. The van der Waals surface area contributed by atoms with Gasteiger partial charge in [-0.25, -0.2) is 0 Å². The van der Waals surface area contributed by atoms with E-state index in [1.807, 2.05) is 12.1 Å². The Morgan fingerprint density at radius 1 is 1.33 bits per heavy atom. The molecule has 3 rings (SSSR count). The lowest BCUT2D eigenvalue weighted by atomic mass is 9.81. The van der Waals surface area contributed by atoms with E-state index in [9.17, 15) is 0 Å². The predicted octanol–water partition coefficient (Wildman–Crippen LogP) is 2.73. The molecule has 1 aromatic carbocycles. The van der Waals surface area contributed by atoms with Crippen LogP contribution < -0.4 is 5.73 Å². The standard InChI is InChI=1S/C17H26ClN3/c1-20(11-13-4-3-5-14(18)8-13)17(12-19)9-15-6-7-16(10-17)21(15)2/h3-5,8,15-16H,6-7,9-12,19H2,1-2H3. The molecule has 2 bridgehead atoms. The lowest BCUT2D eigenvalue weighted by Gasteiger charge is -2.50. The Kier molecular flexibility index (Phi) is 4.28. The van der Waals surface area contributed by atoms with Gasteiger partial charge in [0.2, 0.25) is 0 Å². The van der Waals surface area contributed by atoms with Gasteiger partial charge in [-0.3, -0.25) is 4.90 Å².